The Labute approximate surface area is 102 Å². The molecule has 3 nitrogen and oxygen atoms in total. The quantitative estimate of drug-likeness (QED) is 0.788. The molecule has 88 valence electrons. The lowest BCUT2D eigenvalue weighted by Gasteiger charge is -2.12. The number of rotatable bonds is 5. The number of benzene rings is 1. The first-order valence-electron chi connectivity index (χ1n) is 5.28. The Kier molecular flexibility index (Phi) is 5.82. The van der Waals surface area contributed by atoms with E-state index in [2.05, 4.69) is 22.3 Å². The first-order chi connectivity index (χ1) is 7.68. The van der Waals surface area contributed by atoms with E-state index in [9.17, 15) is 0 Å². The average molecular weight is 238 g/mol. The molecule has 1 N–H and O–H groups in total. The second-order valence-electron chi connectivity index (χ2n) is 3.78. The van der Waals surface area contributed by atoms with Crippen LogP contribution in [0.4, 0.5) is 0 Å². The molecule has 0 aliphatic carbocycles. The van der Waals surface area contributed by atoms with Crippen molar-refractivity contribution < 1.29 is 4.74 Å². The van der Waals surface area contributed by atoms with Crippen LogP contribution in [0.1, 0.15) is 5.56 Å². The van der Waals surface area contributed by atoms with Gasteiger partial charge in [0.15, 0.2) is 0 Å². The summed E-state index contributed by atoms with van der Waals surface area (Å²) in [5.41, 5.74) is 1.20. The molecule has 0 heterocycles. The van der Waals surface area contributed by atoms with Crippen LogP contribution in [-0.2, 0) is 11.3 Å². The average Bonchev–Trinajstić information content (AvgIpc) is 2.27. The Morgan fingerprint density at radius 3 is 2.62 bits per heavy atom. The zero-order valence-corrected chi connectivity index (χ0v) is 10.6. The zero-order chi connectivity index (χ0) is 11.8. The molecule has 0 bridgehead atoms. The summed E-state index contributed by atoms with van der Waals surface area (Å²) in [6, 6.07) is 10.1. The number of likely N-dealkylation sites (N-methyl/N-ethyl adjacent to an activating group) is 1. The van der Waals surface area contributed by atoms with Crippen LogP contribution in [0.15, 0.2) is 30.3 Å². The highest BCUT2D eigenvalue weighted by molar-refractivity contribution is 7.80. The van der Waals surface area contributed by atoms with Gasteiger partial charge in [-0.05, 0) is 31.9 Å². The van der Waals surface area contributed by atoms with Crippen LogP contribution in [-0.4, -0.2) is 37.3 Å². The fraction of sp³-hybridized carbons (Fsp3) is 0.417. The summed E-state index contributed by atoms with van der Waals surface area (Å²) in [5, 5.41) is 3.53. The van der Waals surface area contributed by atoms with E-state index in [0.29, 0.717) is 18.3 Å². The topological polar surface area (TPSA) is 24.5 Å². The number of thiocarbonyl (C=S) groups is 1. The van der Waals surface area contributed by atoms with Crippen LogP contribution in [0, 0.1) is 0 Å². The Morgan fingerprint density at radius 2 is 2.00 bits per heavy atom. The molecule has 1 aromatic rings. The third-order valence-electron chi connectivity index (χ3n) is 2.05. The molecule has 1 aromatic carbocycles. The lowest BCUT2D eigenvalue weighted by molar-refractivity contribution is 0.248. The summed E-state index contributed by atoms with van der Waals surface area (Å²) in [7, 11) is 4.01. The molecule has 0 saturated heterocycles. The molecule has 0 saturated carbocycles. The summed E-state index contributed by atoms with van der Waals surface area (Å²) in [4.78, 5) is 2.06. The molecule has 4 heteroatoms. The van der Waals surface area contributed by atoms with Crippen molar-refractivity contribution in [3.63, 3.8) is 0 Å². The molecule has 0 amide bonds. The van der Waals surface area contributed by atoms with E-state index in [1.165, 1.54) is 5.56 Å². The maximum atomic E-state index is 5.35. The highest BCUT2D eigenvalue weighted by Crippen LogP contribution is 1.97. The summed E-state index contributed by atoms with van der Waals surface area (Å²) < 4.78 is 5.35. The molecule has 0 aliphatic heterocycles. The zero-order valence-electron chi connectivity index (χ0n) is 9.77. The van der Waals surface area contributed by atoms with E-state index in [0.717, 1.165) is 6.54 Å². The van der Waals surface area contributed by atoms with Crippen LogP contribution in [0.2, 0.25) is 0 Å². The fourth-order valence-corrected chi connectivity index (χ4v) is 1.30. The minimum atomic E-state index is 0.464. The second-order valence-corrected chi connectivity index (χ2v) is 4.15. The smallest absolute Gasteiger partial charge is 0.256 e. The minimum Gasteiger partial charge on any atom is -0.470 e. The van der Waals surface area contributed by atoms with Crippen molar-refractivity contribution in [1.29, 1.82) is 0 Å². The van der Waals surface area contributed by atoms with Crippen molar-refractivity contribution in [2.75, 3.05) is 27.2 Å². The van der Waals surface area contributed by atoms with Gasteiger partial charge in [0.1, 0.15) is 6.61 Å². The molecule has 0 aromatic heterocycles. The molecular formula is C12H18N2OS. The minimum absolute atomic E-state index is 0.464. The lowest BCUT2D eigenvalue weighted by Crippen LogP contribution is -2.27. The molecule has 16 heavy (non-hydrogen) atoms. The normalized spacial score (nSPS) is 10.2. The first kappa shape index (κ1) is 12.9. The lowest BCUT2D eigenvalue weighted by atomic mass is 10.2. The SMILES string of the molecule is CN(C)CCOC(=S)NCc1ccccc1. The van der Waals surface area contributed by atoms with Gasteiger partial charge < -0.3 is 15.0 Å². The van der Waals surface area contributed by atoms with Crippen molar-refractivity contribution >= 4 is 17.4 Å². The monoisotopic (exact) mass is 238 g/mol. The Morgan fingerprint density at radius 1 is 1.31 bits per heavy atom. The van der Waals surface area contributed by atoms with Crippen molar-refractivity contribution in [1.82, 2.24) is 10.2 Å². The highest BCUT2D eigenvalue weighted by atomic mass is 32.1. The number of nitrogens with one attached hydrogen (secondary N) is 1. The van der Waals surface area contributed by atoms with Crippen molar-refractivity contribution in [3.05, 3.63) is 35.9 Å². The predicted molar refractivity (Wildman–Crippen MR) is 70.4 cm³/mol. The summed E-state index contributed by atoms with van der Waals surface area (Å²) in [6.07, 6.45) is 0. The highest BCUT2D eigenvalue weighted by Gasteiger charge is 1.97. The fourth-order valence-electron chi connectivity index (χ4n) is 1.14. The third-order valence-corrected chi connectivity index (χ3v) is 2.31. The van der Waals surface area contributed by atoms with Crippen molar-refractivity contribution in [2.24, 2.45) is 0 Å². The van der Waals surface area contributed by atoms with Crippen LogP contribution >= 0.6 is 12.2 Å². The standard InChI is InChI=1S/C12H18N2OS/c1-14(2)8-9-15-12(16)13-10-11-6-4-3-5-7-11/h3-7H,8-10H2,1-2H3,(H,13,16). The van der Waals surface area contributed by atoms with Gasteiger partial charge in [-0.15, -0.1) is 0 Å². The van der Waals surface area contributed by atoms with Crippen LogP contribution in [0.3, 0.4) is 0 Å². The Balaban J connectivity index is 2.16. The van der Waals surface area contributed by atoms with Crippen LogP contribution in [0.5, 0.6) is 0 Å². The summed E-state index contributed by atoms with van der Waals surface area (Å²) >= 11 is 5.05. The number of hydrogen-bond donors (Lipinski definition) is 1. The largest absolute Gasteiger partial charge is 0.470 e. The van der Waals surface area contributed by atoms with E-state index >= 15 is 0 Å². The molecule has 0 radical (unpaired) electrons. The number of ether oxygens (including phenoxy) is 1. The van der Waals surface area contributed by atoms with Gasteiger partial charge in [-0.3, -0.25) is 0 Å². The third kappa shape index (κ3) is 5.68. The van der Waals surface area contributed by atoms with Gasteiger partial charge in [0, 0.05) is 13.1 Å². The van der Waals surface area contributed by atoms with E-state index in [1.54, 1.807) is 0 Å². The van der Waals surface area contributed by atoms with E-state index in [1.807, 2.05) is 32.3 Å². The summed E-state index contributed by atoms with van der Waals surface area (Å²) in [6.45, 7) is 2.20. The van der Waals surface area contributed by atoms with Gasteiger partial charge >= 0.3 is 0 Å². The van der Waals surface area contributed by atoms with E-state index < -0.39 is 0 Å². The second kappa shape index (κ2) is 7.19. The molecule has 0 atom stereocenters. The number of nitrogens with zero attached hydrogens (tertiary/aromatic N) is 1. The van der Waals surface area contributed by atoms with Gasteiger partial charge in [0.2, 0.25) is 0 Å². The van der Waals surface area contributed by atoms with Crippen LogP contribution in [0.25, 0.3) is 0 Å². The molecule has 0 spiro atoms. The van der Waals surface area contributed by atoms with E-state index in [4.69, 9.17) is 17.0 Å². The molecule has 0 fully saturated rings. The Hall–Kier alpha value is -1.13. The first-order valence-corrected chi connectivity index (χ1v) is 5.68. The van der Waals surface area contributed by atoms with E-state index in [-0.39, 0.29) is 0 Å². The predicted octanol–water partition coefficient (Wildman–Crippen LogP) is 1.64. The van der Waals surface area contributed by atoms with Gasteiger partial charge in [-0.1, -0.05) is 30.3 Å². The van der Waals surface area contributed by atoms with Gasteiger partial charge in [0.25, 0.3) is 5.17 Å². The van der Waals surface area contributed by atoms with Gasteiger partial charge in [0.05, 0.1) is 0 Å². The molecule has 1 rings (SSSR count). The molecule has 0 aliphatic rings. The van der Waals surface area contributed by atoms with Gasteiger partial charge in [-0.25, -0.2) is 0 Å². The van der Waals surface area contributed by atoms with Crippen molar-refractivity contribution in [3.8, 4) is 0 Å². The van der Waals surface area contributed by atoms with Gasteiger partial charge in [-0.2, -0.15) is 0 Å². The van der Waals surface area contributed by atoms with Crippen LogP contribution < -0.4 is 5.32 Å². The molecular weight excluding hydrogens is 220 g/mol. The summed E-state index contributed by atoms with van der Waals surface area (Å²) in [5.74, 6) is 0. The maximum absolute atomic E-state index is 5.35. The Bertz CT molecular complexity index is 314. The molecule has 0 unspecified atom stereocenters. The maximum Gasteiger partial charge on any atom is 0.256 e. The van der Waals surface area contributed by atoms with Crippen molar-refractivity contribution in [2.45, 2.75) is 6.54 Å². The number of hydrogen-bond acceptors (Lipinski definition) is 3.